The fourth-order valence-electron chi connectivity index (χ4n) is 3.42. The third kappa shape index (κ3) is 3.50. The highest BCUT2D eigenvalue weighted by molar-refractivity contribution is 5.96. The lowest BCUT2D eigenvalue weighted by molar-refractivity contribution is 0.0714. The molecule has 1 amide bonds. The maximum Gasteiger partial charge on any atom is 0.255 e. The van der Waals surface area contributed by atoms with E-state index in [4.69, 9.17) is 5.73 Å². The number of piperidine rings is 1. The largest absolute Gasteiger partial charge is 0.338 e. The molecular weight excluding hydrogens is 322 g/mol. The van der Waals surface area contributed by atoms with E-state index in [9.17, 15) is 4.79 Å². The summed E-state index contributed by atoms with van der Waals surface area (Å²) in [4.78, 5) is 14.8. The van der Waals surface area contributed by atoms with Crippen LogP contribution in [0.1, 0.15) is 40.2 Å². The van der Waals surface area contributed by atoms with Crippen LogP contribution in [0.4, 0.5) is 0 Å². The van der Waals surface area contributed by atoms with E-state index in [1.807, 2.05) is 17.9 Å². The Hall–Kier alpha value is -1.78. The van der Waals surface area contributed by atoms with Crippen molar-refractivity contribution in [1.29, 1.82) is 0 Å². The Morgan fingerprint density at radius 1 is 1.12 bits per heavy atom. The van der Waals surface area contributed by atoms with E-state index in [2.05, 4.69) is 42.7 Å². The molecule has 3 rings (SSSR count). The van der Waals surface area contributed by atoms with Gasteiger partial charge in [-0.25, -0.2) is 0 Å². The molecule has 0 spiro atoms. The number of carbonyl (C=O) groups is 1. The SMILES string of the molecule is Cc1cccc(-n2c(C)cc(C(=O)N3CCC(N)CC3)c2C)c1.Cl. The molecule has 1 aromatic heterocycles. The third-order valence-corrected chi connectivity index (χ3v) is 4.75. The Balaban J connectivity index is 0.00000208. The molecule has 4 nitrogen and oxygen atoms in total. The predicted molar refractivity (Wildman–Crippen MR) is 100 cm³/mol. The molecule has 1 aliphatic rings. The van der Waals surface area contributed by atoms with Gasteiger partial charge in [-0.3, -0.25) is 4.79 Å². The molecule has 2 heterocycles. The van der Waals surface area contributed by atoms with Gasteiger partial charge in [-0.05, 0) is 57.4 Å². The Morgan fingerprint density at radius 2 is 1.79 bits per heavy atom. The molecule has 0 atom stereocenters. The zero-order valence-corrected chi connectivity index (χ0v) is 15.4. The number of rotatable bonds is 2. The maximum absolute atomic E-state index is 12.9. The van der Waals surface area contributed by atoms with E-state index in [0.717, 1.165) is 48.6 Å². The fraction of sp³-hybridized carbons (Fsp3) is 0.421. The quantitative estimate of drug-likeness (QED) is 0.905. The van der Waals surface area contributed by atoms with Crippen LogP contribution in [0.2, 0.25) is 0 Å². The van der Waals surface area contributed by atoms with Crippen molar-refractivity contribution in [3.05, 3.63) is 52.8 Å². The fourth-order valence-corrected chi connectivity index (χ4v) is 3.42. The molecule has 0 saturated carbocycles. The number of nitrogens with zero attached hydrogens (tertiary/aromatic N) is 2. The highest BCUT2D eigenvalue weighted by Gasteiger charge is 2.25. The molecule has 130 valence electrons. The first-order chi connectivity index (χ1) is 11.0. The van der Waals surface area contributed by atoms with Gasteiger partial charge in [0.15, 0.2) is 0 Å². The van der Waals surface area contributed by atoms with Crippen LogP contribution in [0.3, 0.4) is 0 Å². The normalized spacial score (nSPS) is 15.2. The predicted octanol–water partition coefficient (Wildman–Crippen LogP) is 3.39. The molecule has 0 radical (unpaired) electrons. The van der Waals surface area contributed by atoms with Gasteiger partial charge in [0, 0.05) is 36.2 Å². The lowest BCUT2D eigenvalue weighted by Crippen LogP contribution is -2.42. The van der Waals surface area contributed by atoms with Crippen molar-refractivity contribution in [2.75, 3.05) is 13.1 Å². The average molecular weight is 348 g/mol. The Labute approximate surface area is 150 Å². The molecule has 0 unspecified atom stereocenters. The molecule has 0 aliphatic carbocycles. The van der Waals surface area contributed by atoms with Crippen LogP contribution >= 0.6 is 12.4 Å². The lowest BCUT2D eigenvalue weighted by atomic mass is 10.1. The van der Waals surface area contributed by atoms with Gasteiger partial charge in [0.2, 0.25) is 0 Å². The van der Waals surface area contributed by atoms with Crippen LogP contribution in [0, 0.1) is 20.8 Å². The number of nitrogens with two attached hydrogens (primary N) is 1. The van der Waals surface area contributed by atoms with Gasteiger partial charge in [-0.15, -0.1) is 12.4 Å². The van der Waals surface area contributed by atoms with Crippen LogP contribution in [0.5, 0.6) is 0 Å². The molecule has 2 N–H and O–H groups in total. The summed E-state index contributed by atoms with van der Waals surface area (Å²) >= 11 is 0. The minimum absolute atomic E-state index is 0. The van der Waals surface area contributed by atoms with Gasteiger partial charge in [-0.2, -0.15) is 0 Å². The summed E-state index contributed by atoms with van der Waals surface area (Å²) in [5, 5.41) is 0. The molecule has 0 bridgehead atoms. The third-order valence-electron chi connectivity index (χ3n) is 4.75. The number of likely N-dealkylation sites (tertiary alicyclic amines) is 1. The standard InChI is InChI=1S/C19H25N3O.ClH/c1-13-5-4-6-17(11-13)22-14(2)12-18(15(22)3)19(23)21-9-7-16(20)8-10-21;/h4-6,11-12,16H,7-10,20H2,1-3H3;1H. The van der Waals surface area contributed by atoms with E-state index in [1.54, 1.807) is 0 Å². The summed E-state index contributed by atoms with van der Waals surface area (Å²) in [6.07, 6.45) is 1.78. The Morgan fingerprint density at radius 3 is 2.42 bits per heavy atom. The van der Waals surface area contributed by atoms with Crippen molar-refractivity contribution in [2.45, 2.75) is 39.7 Å². The van der Waals surface area contributed by atoms with E-state index in [-0.39, 0.29) is 24.4 Å². The zero-order valence-electron chi connectivity index (χ0n) is 14.6. The van der Waals surface area contributed by atoms with Gasteiger partial charge in [0.1, 0.15) is 0 Å². The lowest BCUT2D eigenvalue weighted by Gasteiger charge is -2.30. The number of carbonyl (C=O) groups excluding carboxylic acids is 1. The first-order valence-electron chi connectivity index (χ1n) is 8.28. The van der Waals surface area contributed by atoms with Crippen LogP contribution < -0.4 is 5.73 Å². The topological polar surface area (TPSA) is 51.3 Å². The molecule has 1 saturated heterocycles. The number of hydrogen-bond donors (Lipinski definition) is 1. The summed E-state index contributed by atoms with van der Waals surface area (Å²) in [6.45, 7) is 7.68. The van der Waals surface area contributed by atoms with E-state index < -0.39 is 0 Å². The monoisotopic (exact) mass is 347 g/mol. The van der Waals surface area contributed by atoms with Gasteiger partial charge in [-0.1, -0.05) is 12.1 Å². The molecule has 1 fully saturated rings. The summed E-state index contributed by atoms with van der Waals surface area (Å²) < 4.78 is 2.16. The molecule has 24 heavy (non-hydrogen) atoms. The van der Waals surface area contributed by atoms with Crippen LogP contribution in [0.15, 0.2) is 30.3 Å². The van der Waals surface area contributed by atoms with Crippen molar-refractivity contribution >= 4 is 18.3 Å². The number of amides is 1. The van der Waals surface area contributed by atoms with Gasteiger partial charge in [0.25, 0.3) is 5.91 Å². The van der Waals surface area contributed by atoms with E-state index >= 15 is 0 Å². The Kier molecular flexibility index (Phi) is 5.73. The van der Waals surface area contributed by atoms with Gasteiger partial charge in [0.05, 0.1) is 5.56 Å². The minimum atomic E-state index is 0. The molecular formula is C19H26ClN3O. The van der Waals surface area contributed by atoms with Crippen molar-refractivity contribution < 1.29 is 4.79 Å². The number of benzene rings is 1. The van der Waals surface area contributed by atoms with Crippen molar-refractivity contribution in [3.63, 3.8) is 0 Å². The first kappa shape index (κ1) is 18.6. The van der Waals surface area contributed by atoms with Crippen molar-refractivity contribution in [1.82, 2.24) is 9.47 Å². The molecule has 2 aromatic rings. The summed E-state index contributed by atoms with van der Waals surface area (Å²) in [5.74, 6) is 0.129. The summed E-state index contributed by atoms with van der Waals surface area (Å²) in [6, 6.07) is 10.6. The summed E-state index contributed by atoms with van der Waals surface area (Å²) in [7, 11) is 0. The van der Waals surface area contributed by atoms with Crippen LogP contribution in [0.25, 0.3) is 5.69 Å². The second-order valence-electron chi connectivity index (χ2n) is 6.59. The first-order valence-corrected chi connectivity index (χ1v) is 8.28. The Bertz CT molecular complexity index is 730. The molecule has 1 aliphatic heterocycles. The highest BCUT2D eigenvalue weighted by atomic mass is 35.5. The number of hydrogen-bond acceptors (Lipinski definition) is 2. The van der Waals surface area contributed by atoms with Gasteiger partial charge >= 0.3 is 0 Å². The average Bonchev–Trinajstić information content (AvgIpc) is 2.82. The number of halogens is 1. The van der Waals surface area contributed by atoms with E-state index in [0.29, 0.717) is 0 Å². The van der Waals surface area contributed by atoms with Crippen molar-refractivity contribution in [3.8, 4) is 5.69 Å². The van der Waals surface area contributed by atoms with Crippen LogP contribution in [-0.4, -0.2) is 34.5 Å². The zero-order chi connectivity index (χ0) is 16.6. The highest BCUT2D eigenvalue weighted by Crippen LogP contribution is 2.23. The number of aryl methyl sites for hydroxylation is 2. The number of aromatic nitrogens is 1. The van der Waals surface area contributed by atoms with Crippen LogP contribution in [-0.2, 0) is 0 Å². The maximum atomic E-state index is 12.9. The second kappa shape index (κ2) is 7.41. The second-order valence-corrected chi connectivity index (χ2v) is 6.59. The smallest absolute Gasteiger partial charge is 0.255 e. The minimum Gasteiger partial charge on any atom is -0.338 e. The van der Waals surface area contributed by atoms with Gasteiger partial charge < -0.3 is 15.2 Å². The van der Waals surface area contributed by atoms with Crippen molar-refractivity contribution in [2.24, 2.45) is 5.73 Å². The molecule has 5 heteroatoms. The molecule has 1 aromatic carbocycles. The summed E-state index contributed by atoms with van der Waals surface area (Å²) in [5.41, 5.74) is 11.2. The van der Waals surface area contributed by atoms with E-state index in [1.165, 1.54) is 5.56 Å².